The van der Waals surface area contributed by atoms with Crippen molar-refractivity contribution in [3.63, 3.8) is 0 Å². The first kappa shape index (κ1) is 19.0. The molecule has 3 aromatic rings. The summed E-state index contributed by atoms with van der Waals surface area (Å²) in [5.74, 6) is -0.381. The van der Waals surface area contributed by atoms with Crippen molar-refractivity contribution in [3.8, 4) is 0 Å². The van der Waals surface area contributed by atoms with Gasteiger partial charge in [-0.3, -0.25) is 9.78 Å². The maximum atomic E-state index is 13.7. The van der Waals surface area contributed by atoms with Crippen molar-refractivity contribution in [1.82, 2.24) is 20.1 Å². The van der Waals surface area contributed by atoms with Gasteiger partial charge >= 0.3 is 6.18 Å². The highest BCUT2D eigenvalue weighted by atomic mass is 19.4. The number of carbonyl (C=O) groups is 1. The molecule has 1 aliphatic rings. The van der Waals surface area contributed by atoms with E-state index >= 15 is 0 Å². The Labute approximate surface area is 164 Å². The molecule has 0 spiro atoms. The standard InChI is InChI=1S/C20H18F3N5O/c21-20(22,23)17-9-15(14-6-2-1-3-7-14)26-18-10-16(27-28(17)18)19(29)25-12-13-5-4-8-24-11-13/h1-8,10-11,15,17,26H,9,12H2,(H,25,29)/t15-,17+/m1/s1. The molecule has 1 aliphatic heterocycles. The fourth-order valence-electron chi connectivity index (χ4n) is 3.36. The normalized spacial score (nSPS) is 18.6. The molecule has 0 aliphatic carbocycles. The van der Waals surface area contributed by atoms with E-state index in [1.54, 1.807) is 48.8 Å². The van der Waals surface area contributed by atoms with Crippen molar-refractivity contribution in [2.45, 2.75) is 31.2 Å². The fraction of sp³-hybridized carbons (Fsp3) is 0.250. The van der Waals surface area contributed by atoms with Crippen LogP contribution in [0.3, 0.4) is 0 Å². The minimum absolute atomic E-state index is 0.0700. The predicted molar refractivity (Wildman–Crippen MR) is 100 cm³/mol. The number of alkyl halides is 3. The third kappa shape index (κ3) is 4.08. The molecule has 1 aromatic carbocycles. The van der Waals surface area contributed by atoms with Gasteiger partial charge in [-0.25, -0.2) is 4.68 Å². The highest BCUT2D eigenvalue weighted by Gasteiger charge is 2.46. The molecule has 2 atom stereocenters. The second kappa shape index (κ2) is 7.57. The maximum Gasteiger partial charge on any atom is 0.410 e. The zero-order valence-electron chi connectivity index (χ0n) is 15.2. The number of nitrogens with one attached hydrogen (secondary N) is 2. The van der Waals surface area contributed by atoms with E-state index in [9.17, 15) is 18.0 Å². The van der Waals surface area contributed by atoms with Crippen LogP contribution in [0.2, 0.25) is 0 Å². The first-order valence-electron chi connectivity index (χ1n) is 9.06. The highest BCUT2D eigenvalue weighted by molar-refractivity contribution is 5.93. The Balaban J connectivity index is 1.58. The number of rotatable bonds is 4. The highest BCUT2D eigenvalue weighted by Crippen LogP contribution is 2.43. The number of benzene rings is 1. The van der Waals surface area contributed by atoms with E-state index in [-0.39, 0.29) is 24.5 Å². The number of hydrogen-bond acceptors (Lipinski definition) is 4. The third-order valence-corrected chi connectivity index (χ3v) is 4.80. The molecule has 0 radical (unpaired) electrons. The topological polar surface area (TPSA) is 71.8 Å². The molecule has 1 amide bonds. The van der Waals surface area contributed by atoms with E-state index < -0.39 is 24.2 Å². The number of fused-ring (bicyclic) bond motifs is 1. The largest absolute Gasteiger partial charge is 0.410 e. The molecule has 6 nitrogen and oxygen atoms in total. The summed E-state index contributed by atoms with van der Waals surface area (Å²) in [6, 6.07) is 11.5. The van der Waals surface area contributed by atoms with Crippen molar-refractivity contribution < 1.29 is 18.0 Å². The van der Waals surface area contributed by atoms with Crippen LogP contribution in [0.25, 0.3) is 0 Å². The molecule has 150 valence electrons. The van der Waals surface area contributed by atoms with Crippen LogP contribution in [0.5, 0.6) is 0 Å². The lowest BCUT2D eigenvalue weighted by Crippen LogP contribution is -2.35. The summed E-state index contributed by atoms with van der Waals surface area (Å²) in [5, 5.41) is 9.68. The van der Waals surface area contributed by atoms with Crippen LogP contribution in [-0.2, 0) is 6.54 Å². The van der Waals surface area contributed by atoms with Gasteiger partial charge < -0.3 is 10.6 Å². The number of carbonyl (C=O) groups excluding carboxylic acids is 1. The third-order valence-electron chi connectivity index (χ3n) is 4.80. The number of nitrogens with zero attached hydrogens (tertiary/aromatic N) is 3. The van der Waals surface area contributed by atoms with Crippen LogP contribution < -0.4 is 10.6 Å². The van der Waals surface area contributed by atoms with E-state index in [1.165, 1.54) is 6.07 Å². The van der Waals surface area contributed by atoms with Gasteiger partial charge in [-0.05, 0) is 17.2 Å². The van der Waals surface area contributed by atoms with Gasteiger partial charge in [-0.2, -0.15) is 18.3 Å². The summed E-state index contributed by atoms with van der Waals surface area (Å²) >= 11 is 0. The van der Waals surface area contributed by atoms with Crippen LogP contribution in [0.4, 0.5) is 19.0 Å². The number of aromatic nitrogens is 3. The Morgan fingerprint density at radius 3 is 2.69 bits per heavy atom. The molecule has 0 saturated heterocycles. The van der Waals surface area contributed by atoms with Gasteiger partial charge in [0.1, 0.15) is 5.82 Å². The van der Waals surface area contributed by atoms with Gasteiger partial charge in [0.15, 0.2) is 11.7 Å². The molecule has 9 heteroatoms. The Kier molecular flexibility index (Phi) is 4.96. The zero-order valence-corrected chi connectivity index (χ0v) is 15.2. The van der Waals surface area contributed by atoms with Gasteiger partial charge in [-0.15, -0.1) is 0 Å². The molecular formula is C20H18F3N5O. The van der Waals surface area contributed by atoms with Gasteiger partial charge in [-0.1, -0.05) is 36.4 Å². The predicted octanol–water partition coefficient (Wildman–Crippen LogP) is 3.87. The summed E-state index contributed by atoms with van der Waals surface area (Å²) in [5.41, 5.74) is 1.45. The summed E-state index contributed by atoms with van der Waals surface area (Å²) < 4.78 is 41.9. The van der Waals surface area contributed by atoms with Gasteiger partial charge in [0.05, 0.1) is 6.04 Å². The summed E-state index contributed by atoms with van der Waals surface area (Å²) in [6.45, 7) is 0.206. The second-order valence-corrected chi connectivity index (χ2v) is 6.80. The van der Waals surface area contributed by atoms with Crippen LogP contribution in [0, 0.1) is 0 Å². The molecule has 29 heavy (non-hydrogen) atoms. The van der Waals surface area contributed by atoms with Crippen LogP contribution in [-0.4, -0.2) is 26.8 Å². The van der Waals surface area contributed by atoms with E-state index in [1.807, 2.05) is 6.07 Å². The number of halogens is 3. The van der Waals surface area contributed by atoms with Crippen molar-refractivity contribution in [1.29, 1.82) is 0 Å². The van der Waals surface area contributed by atoms with E-state index in [4.69, 9.17) is 0 Å². The Hall–Kier alpha value is -3.36. The summed E-state index contributed by atoms with van der Waals surface area (Å²) in [7, 11) is 0. The van der Waals surface area contributed by atoms with Crippen molar-refractivity contribution >= 4 is 11.7 Å². The number of anilines is 1. The molecule has 0 unspecified atom stereocenters. The Bertz CT molecular complexity index is 988. The molecule has 0 bridgehead atoms. The van der Waals surface area contributed by atoms with Crippen LogP contribution in [0.15, 0.2) is 60.9 Å². The van der Waals surface area contributed by atoms with E-state index in [0.29, 0.717) is 0 Å². The van der Waals surface area contributed by atoms with E-state index in [2.05, 4.69) is 20.7 Å². The summed E-state index contributed by atoms with van der Waals surface area (Å²) in [6.07, 6.45) is -1.48. The molecule has 3 heterocycles. The number of amides is 1. The second-order valence-electron chi connectivity index (χ2n) is 6.80. The molecule has 0 saturated carbocycles. The lowest BCUT2D eigenvalue weighted by molar-refractivity contribution is -0.173. The minimum atomic E-state index is -4.49. The maximum absolute atomic E-state index is 13.7. The SMILES string of the molecule is O=C(NCc1cccnc1)c1cc2n(n1)[C@H](C(F)(F)F)C[C@H](c1ccccc1)N2. The van der Waals surface area contributed by atoms with E-state index in [0.717, 1.165) is 15.8 Å². The lowest BCUT2D eigenvalue weighted by atomic mass is 9.97. The zero-order chi connectivity index (χ0) is 20.4. The molecule has 0 fully saturated rings. The van der Waals surface area contributed by atoms with Gasteiger partial charge in [0, 0.05) is 31.4 Å². The fourth-order valence-corrected chi connectivity index (χ4v) is 3.36. The van der Waals surface area contributed by atoms with Gasteiger partial charge in [0.2, 0.25) is 0 Å². The molecule has 4 rings (SSSR count). The van der Waals surface area contributed by atoms with Crippen LogP contribution >= 0.6 is 0 Å². The summed E-state index contributed by atoms with van der Waals surface area (Å²) in [4.78, 5) is 16.4. The quantitative estimate of drug-likeness (QED) is 0.696. The molecular weight excluding hydrogens is 383 g/mol. The van der Waals surface area contributed by atoms with Crippen molar-refractivity contribution in [2.75, 3.05) is 5.32 Å². The van der Waals surface area contributed by atoms with Crippen LogP contribution in [0.1, 0.15) is 40.1 Å². The first-order valence-corrected chi connectivity index (χ1v) is 9.06. The Morgan fingerprint density at radius 1 is 1.21 bits per heavy atom. The number of pyridine rings is 1. The average Bonchev–Trinajstić information content (AvgIpc) is 3.16. The molecule has 2 aromatic heterocycles. The smallest absolute Gasteiger partial charge is 0.363 e. The van der Waals surface area contributed by atoms with Crippen molar-refractivity contribution in [3.05, 3.63) is 77.7 Å². The number of hydrogen-bond donors (Lipinski definition) is 2. The average molecular weight is 401 g/mol. The van der Waals surface area contributed by atoms with Gasteiger partial charge in [0.25, 0.3) is 5.91 Å². The first-order chi connectivity index (χ1) is 13.9. The Morgan fingerprint density at radius 2 is 2.00 bits per heavy atom. The van der Waals surface area contributed by atoms with Crippen molar-refractivity contribution in [2.24, 2.45) is 0 Å². The lowest BCUT2D eigenvalue weighted by Gasteiger charge is -2.33. The monoisotopic (exact) mass is 401 g/mol. The molecule has 2 N–H and O–H groups in total. The minimum Gasteiger partial charge on any atom is -0.363 e.